The summed E-state index contributed by atoms with van der Waals surface area (Å²) in [5.74, 6) is -0.00294. The first kappa shape index (κ1) is 12.4. The summed E-state index contributed by atoms with van der Waals surface area (Å²) in [5.41, 5.74) is 6.38. The number of benzene rings is 1. The first-order valence-electron chi connectivity index (χ1n) is 4.49. The third-order valence-electron chi connectivity index (χ3n) is 2.09. The number of rotatable bonds is 4. The van der Waals surface area contributed by atoms with Gasteiger partial charge in [0, 0.05) is 18.7 Å². The van der Waals surface area contributed by atoms with Crippen LogP contribution < -0.4 is 10.5 Å². The van der Waals surface area contributed by atoms with Crippen molar-refractivity contribution in [2.75, 3.05) is 13.7 Å². The molecule has 1 atom stereocenters. The maximum Gasteiger partial charge on any atom is 0.136 e. The highest BCUT2D eigenvalue weighted by Crippen LogP contribution is 2.33. The summed E-state index contributed by atoms with van der Waals surface area (Å²) in [7, 11) is 1.46. The third kappa shape index (κ3) is 2.90. The number of halogens is 2. The maximum atomic E-state index is 13.2. The second-order valence-corrected chi connectivity index (χ2v) is 3.92. The van der Waals surface area contributed by atoms with Crippen LogP contribution in [0.1, 0.15) is 18.0 Å². The highest BCUT2D eigenvalue weighted by atomic mass is 79.9. The largest absolute Gasteiger partial charge is 0.495 e. The molecule has 15 heavy (non-hydrogen) atoms. The lowest BCUT2D eigenvalue weighted by molar-refractivity contribution is 0.276. The van der Waals surface area contributed by atoms with Gasteiger partial charge in [0.15, 0.2) is 0 Å². The van der Waals surface area contributed by atoms with Gasteiger partial charge in [-0.05, 0) is 34.0 Å². The lowest BCUT2D eigenvalue weighted by atomic mass is 10.0. The summed E-state index contributed by atoms with van der Waals surface area (Å²) in [6, 6.07) is 2.21. The second kappa shape index (κ2) is 5.44. The molecule has 1 aromatic carbocycles. The van der Waals surface area contributed by atoms with Gasteiger partial charge in [0.1, 0.15) is 11.6 Å². The highest BCUT2D eigenvalue weighted by molar-refractivity contribution is 9.10. The van der Waals surface area contributed by atoms with Crippen molar-refractivity contribution in [1.82, 2.24) is 0 Å². The van der Waals surface area contributed by atoms with Gasteiger partial charge in [0.2, 0.25) is 0 Å². The van der Waals surface area contributed by atoms with E-state index < -0.39 is 11.9 Å². The Morgan fingerprint density at radius 1 is 1.60 bits per heavy atom. The van der Waals surface area contributed by atoms with E-state index >= 15 is 0 Å². The van der Waals surface area contributed by atoms with Crippen LogP contribution in [-0.4, -0.2) is 18.8 Å². The summed E-state index contributed by atoms with van der Waals surface area (Å²) >= 11 is 3.29. The van der Waals surface area contributed by atoms with Crippen LogP contribution in [-0.2, 0) is 0 Å². The van der Waals surface area contributed by atoms with E-state index in [9.17, 15) is 4.39 Å². The fourth-order valence-electron chi connectivity index (χ4n) is 1.30. The van der Waals surface area contributed by atoms with E-state index in [0.717, 1.165) is 0 Å². The van der Waals surface area contributed by atoms with Crippen LogP contribution in [0.2, 0.25) is 0 Å². The quantitative estimate of drug-likeness (QED) is 0.885. The normalized spacial score (nSPS) is 12.6. The van der Waals surface area contributed by atoms with E-state index in [1.54, 1.807) is 0 Å². The molecule has 1 unspecified atom stereocenters. The molecule has 0 saturated carbocycles. The van der Waals surface area contributed by atoms with Gasteiger partial charge < -0.3 is 15.6 Å². The molecule has 0 heterocycles. The number of aliphatic hydroxyl groups excluding tert-OH is 1. The Bertz CT molecular complexity index is 346. The van der Waals surface area contributed by atoms with Crippen molar-refractivity contribution in [2.24, 2.45) is 5.73 Å². The molecule has 0 fully saturated rings. The Morgan fingerprint density at radius 2 is 2.27 bits per heavy atom. The zero-order valence-corrected chi connectivity index (χ0v) is 9.92. The third-order valence-corrected chi connectivity index (χ3v) is 2.94. The van der Waals surface area contributed by atoms with E-state index in [4.69, 9.17) is 15.6 Å². The smallest absolute Gasteiger partial charge is 0.136 e. The fraction of sp³-hybridized carbons (Fsp3) is 0.400. The average Bonchev–Trinajstić information content (AvgIpc) is 2.21. The van der Waals surface area contributed by atoms with Crippen LogP contribution in [0.25, 0.3) is 0 Å². The molecule has 3 nitrogen and oxygen atoms in total. The number of hydrogen-bond donors (Lipinski definition) is 2. The molecule has 5 heteroatoms. The van der Waals surface area contributed by atoms with E-state index in [1.807, 2.05) is 0 Å². The molecule has 0 aliphatic carbocycles. The summed E-state index contributed by atoms with van der Waals surface area (Å²) in [4.78, 5) is 0. The van der Waals surface area contributed by atoms with Gasteiger partial charge in [-0.15, -0.1) is 0 Å². The summed E-state index contributed by atoms with van der Waals surface area (Å²) in [6.07, 6.45) is 0.380. The Hall–Kier alpha value is -0.650. The van der Waals surface area contributed by atoms with Crippen molar-refractivity contribution < 1.29 is 14.2 Å². The monoisotopic (exact) mass is 277 g/mol. The van der Waals surface area contributed by atoms with Gasteiger partial charge in [-0.2, -0.15) is 0 Å². The molecule has 0 aromatic heterocycles. The van der Waals surface area contributed by atoms with Crippen molar-refractivity contribution in [3.63, 3.8) is 0 Å². The number of aliphatic hydroxyl groups is 1. The van der Waals surface area contributed by atoms with Crippen LogP contribution in [0.3, 0.4) is 0 Å². The molecule has 0 spiro atoms. The molecule has 0 bridgehead atoms. The lowest BCUT2D eigenvalue weighted by Crippen LogP contribution is -2.13. The van der Waals surface area contributed by atoms with Crippen LogP contribution in [0.5, 0.6) is 5.75 Å². The predicted molar refractivity (Wildman–Crippen MR) is 59.3 cm³/mol. The minimum absolute atomic E-state index is 0.0353. The zero-order chi connectivity index (χ0) is 11.4. The van der Waals surface area contributed by atoms with E-state index in [2.05, 4.69) is 15.9 Å². The second-order valence-electron chi connectivity index (χ2n) is 3.13. The number of nitrogens with two attached hydrogens (primary N) is 1. The number of methoxy groups -OCH3 is 1. The van der Waals surface area contributed by atoms with E-state index in [0.29, 0.717) is 22.2 Å². The zero-order valence-electron chi connectivity index (χ0n) is 8.34. The topological polar surface area (TPSA) is 55.5 Å². The minimum Gasteiger partial charge on any atom is -0.495 e. The molecule has 0 aliphatic heterocycles. The molecule has 0 aliphatic rings. The molecule has 0 saturated heterocycles. The van der Waals surface area contributed by atoms with Crippen LogP contribution in [0.15, 0.2) is 16.6 Å². The van der Waals surface area contributed by atoms with Gasteiger partial charge >= 0.3 is 0 Å². The van der Waals surface area contributed by atoms with Crippen molar-refractivity contribution in [3.05, 3.63) is 28.0 Å². The standard InChI is InChI=1S/C10H13BrFNO2/c1-15-9-5-6(12)4-7(10(9)11)8(13)2-3-14/h4-5,8,14H,2-3,13H2,1H3. The fourth-order valence-corrected chi connectivity index (χ4v) is 1.98. The summed E-state index contributed by atoms with van der Waals surface area (Å²) in [5, 5.41) is 8.76. The summed E-state index contributed by atoms with van der Waals surface area (Å²) < 4.78 is 18.8. The van der Waals surface area contributed by atoms with E-state index in [1.165, 1.54) is 19.2 Å². The van der Waals surface area contributed by atoms with Gasteiger partial charge in [-0.1, -0.05) is 0 Å². The van der Waals surface area contributed by atoms with Gasteiger partial charge in [0.05, 0.1) is 11.6 Å². The SMILES string of the molecule is COc1cc(F)cc(C(N)CCO)c1Br. The molecular formula is C10H13BrFNO2. The van der Waals surface area contributed by atoms with Crippen LogP contribution in [0.4, 0.5) is 4.39 Å². The molecular weight excluding hydrogens is 265 g/mol. The average molecular weight is 278 g/mol. The van der Waals surface area contributed by atoms with Crippen molar-refractivity contribution in [2.45, 2.75) is 12.5 Å². The molecule has 1 rings (SSSR count). The van der Waals surface area contributed by atoms with Crippen LogP contribution >= 0.6 is 15.9 Å². The van der Waals surface area contributed by atoms with Gasteiger partial charge in [0.25, 0.3) is 0 Å². The summed E-state index contributed by atoms with van der Waals surface area (Å²) in [6.45, 7) is -0.0353. The number of hydrogen-bond acceptors (Lipinski definition) is 3. The number of ether oxygens (including phenoxy) is 1. The molecule has 1 aromatic rings. The Balaban J connectivity index is 3.11. The Kier molecular flexibility index (Phi) is 4.50. The maximum absolute atomic E-state index is 13.2. The first-order valence-corrected chi connectivity index (χ1v) is 5.28. The van der Waals surface area contributed by atoms with Crippen molar-refractivity contribution >= 4 is 15.9 Å². The molecule has 0 amide bonds. The Morgan fingerprint density at radius 3 is 2.80 bits per heavy atom. The van der Waals surface area contributed by atoms with Crippen molar-refractivity contribution in [1.29, 1.82) is 0 Å². The highest BCUT2D eigenvalue weighted by Gasteiger charge is 2.14. The van der Waals surface area contributed by atoms with Gasteiger partial charge in [-0.3, -0.25) is 0 Å². The van der Waals surface area contributed by atoms with Crippen molar-refractivity contribution in [3.8, 4) is 5.75 Å². The Labute approximate surface area is 96.2 Å². The first-order chi connectivity index (χ1) is 7.10. The molecule has 84 valence electrons. The van der Waals surface area contributed by atoms with Crippen LogP contribution in [0, 0.1) is 5.82 Å². The molecule has 3 N–H and O–H groups in total. The minimum atomic E-state index is -0.408. The lowest BCUT2D eigenvalue weighted by Gasteiger charge is -2.15. The van der Waals surface area contributed by atoms with Gasteiger partial charge in [-0.25, -0.2) is 4.39 Å². The predicted octanol–water partition coefficient (Wildman–Crippen LogP) is 1.98. The van der Waals surface area contributed by atoms with E-state index in [-0.39, 0.29) is 6.61 Å². The molecule has 0 radical (unpaired) electrons.